The van der Waals surface area contributed by atoms with Crippen LogP contribution < -0.4 is 0 Å². The average molecular weight is 227 g/mol. The molecular weight excluding hydrogens is 218 g/mol. The summed E-state index contributed by atoms with van der Waals surface area (Å²) in [5.41, 5.74) is 1.04. The number of aromatic nitrogens is 2. The van der Waals surface area contributed by atoms with Crippen molar-refractivity contribution in [2.24, 2.45) is 7.05 Å². The van der Waals surface area contributed by atoms with Crippen LogP contribution in [0.15, 0.2) is 30.3 Å². The van der Waals surface area contributed by atoms with Gasteiger partial charge in [-0.25, -0.2) is 4.79 Å². The van der Waals surface area contributed by atoms with Crippen molar-refractivity contribution in [3.63, 3.8) is 0 Å². The maximum atomic E-state index is 11.2. The smallest absolute Gasteiger partial charge is 0.340 e. The summed E-state index contributed by atoms with van der Waals surface area (Å²) in [6, 6.07) is 10.8. The number of hydrogen-bond acceptors (Lipinski definition) is 3. The van der Waals surface area contributed by atoms with Gasteiger partial charge in [0, 0.05) is 12.6 Å². The Balaban J connectivity index is 2.74. The molecule has 0 aliphatic rings. The van der Waals surface area contributed by atoms with Crippen LogP contribution in [0.5, 0.6) is 0 Å². The Hall–Kier alpha value is -2.61. The van der Waals surface area contributed by atoms with Gasteiger partial charge in [0.1, 0.15) is 11.6 Å². The van der Waals surface area contributed by atoms with Gasteiger partial charge in [0.15, 0.2) is 5.69 Å². The van der Waals surface area contributed by atoms with E-state index in [1.165, 1.54) is 4.68 Å². The maximum absolute atomic E-state index is 11.2. The topological polar surface area (TPSA) is 78.9 Å². The molecule has 5 nitrogen and oxygen atoms in total. The zero-order chi connectivity index (χ0) is 12.4. The third-order valence-electron chi connectivity index (χ3n) is 2.41. The predicted molar refractivity (Wildman–Crippen MR) is 60.3 cm³/mol. The van der Waals surface area contributed by atoms with Gasteiger partial charge in [-0.15, -0.1) is 0 Å². The predicted octanol–water partition coefficient (Wildman–Crippen LogP) is 1.66. The second-order valence-electron chi connectivity index (χ2n) is 3.48. The number of hydrogen-bond donors (Lipinski definition) is 1. The standard InChI is InChI=1S/C12H9N3O2/c1-15-11(8-5-3-2-4-6-8)10(12(16)17)9(7-13)14-15/h2-6H,1H3,(H,16,17). The summed E-state index contributed by atoms with van der Waals surface area (Å²) in [5, 5.41) is 21.9. The summed E-state index contributed by atoms with van der Waals surface area (Å²) < 4.78 is 1.41. The van der Waals surface area contributed by atoms with Gasteiger partial charge < -0.3 is 5.11 Å². The number of aryl methyl sites for hydroxylation is 1. The van der Waals surface area contributed by atoms with Gasteiger partial charge in [-0.05, 0) is 0 Å². The molecule has 2 rings (SSSR count). The van der Waals surface area contributed by atoms with Crippen molar-refractivity contribution in [1.29, 1.82) is 5.26 Å². The van der Waals surface area contributed by atoms with Crippen molar-refractivity contribution >= 4 is 5.97 Å². The van der Waals surface area contributed by atoms with E-state index in [9.17, 15) is 4.79 Å². The molecule has 1 N–H and O–H groups in total. The molecule has 84 valence electrons. The molecule has 17 heavy (non-hydrogen) atoms. The van der Waals surface area contributed by atoms with Crippen molar-refractivity contribution in [3.8, 4) is 17.3 Å². The van der Waals surface area contributed by atoms with Crippen LogP contribution in [-0.2, 0) is 7.05 Å². The van der Waals surface area contributed by atoms with Crippen LogP contribution >= 0.6 is 0 Å². The molecule has 0 unspecified atom stereocenters. The molecule has 1 heterocycles. The van der Waals surface area contributed by atoms with E-state index in [1.807, 2.05) is 6.07 Å². The molecule has 0 saturated heterocycles. The third-order valence-corrected chi connectivity index (χ3v) is 2.41. The molecule has 0 aliphatic heterocycles. The quantitative estimate of drug-likeness (QED) is 0.846. The highest BCUT2D eigenvalue weighted by molar-refractivity contribution is 5.97. The van der Waals surface area contributed by atoms with E-state index < -0.39 is 5.97 Å². The molecule has 0 bridgehead atoms. The fourth-order valence-corrected chi connectivity index (χ4v) is 1.73. The van der Waals surface area contributed by atoms with E-state index in [1.54, 1.807) is 37.4 Å². The van der Waals surface area contributed by atoms with Crippen LogP contribution in [0.4, 0.5) is 0 Å². The minimum absolute atomic E-state index is 0.0544. The Morgan fingerprint density at radius 1 is 1.41 bits per heavy atom. The summed E-state index contributed by atoms with van der Waals surface area (Å²) in [7, 11) is 1.62. The first-order chi connectivity index (χ1) is 8.15. The number of carboxylic acids is 1. The number of carbonyl (C=O) groups is 1. The van der Waals surface area contributed by atoms with Crippen LogP contribution in [0, 0.1) is 11.3 Å². The Morgan fingerprint density at radius 3 is 2.59 bits per heavy atom. The molecule has 0 spiro atoms. The maximum Gasteiger partial charge on any atom is 0.340 e. The summed E-state index contributed by atoms with van der Waals surface area (Å²) in [6.45, 7) is 0. The first-order valence-electron chi connectivity index (χ1n) is 4.91. The Morgan fingerprint density at radius 2 is 2.06 bits per heavy atom. The van der Waals surface area contributed by atoms with Gasteiger partial charge in [-0.1, -0.05) is 30.3 Å². The Labute approximate surface area is 97.5 Å². The van der Waals surface area contributed by atoms with Gasteiger partial charge in [0.25, 0.3) is 0 Å². The number of benzene rings is 1. The zero-order valence-electron chi connectivity index (χ0n) is 9.08. The summed E-state index contributed by atoms with van der Waals surface area (Å²) >= 11 is 0. The highest BCUT2D eigenvalue weighted by atomic mass is 16.4. The minimum Gasteiger partial charge on any atom is -0.478 e. The van der Waals surface area contributed by atoms with Gasteiger partial charge in [-0.3, -0.25) is 4.68 Å². The van der Waals surface area contributed by atoms with E-state index >= 15 is 0 Å². The molecular formula is C12H9N3O2. The van der Waals surface area contributed by atoms with E-state index in [4.69, 9.17) is 10.4 Å². The lowest BCUT2D eigenvalue weighted by Crippen LogP contribution is -2.01. The van der Waals surface area contributed by atoms with Crippen molar-refractivity contribution in [2.45, 2.75) is 0 Å². The van der Waals surface area contributed by atoms with E-state index in [2.05, 4.69) is 5.10 Å². The van der Waals surface area contributed by atoms with Crippen LogP contribution in [0.2, 0.25) is 0 Å². The first-order valence-corrected chi connectivity index (χ1v) is 4.91. The lowest BCUT2D eigenvalue weighted by atomic mass is 10.1. The Kier molecular flexibility index (Phi) is 2.63. The summed E-state index contributed by atoms with van der Waals surface area (Å²) in [6.07, 6.45) is 0. The number of aromatic carboxylic acids is 1. The fraction of sp³-hybridized carbons (Fsp3) is 0.0833. The number of nitrogens with zero attached hydrogens (tertiary/aromatic N) is 3. The lowest BCUT2D eigenvalue weighted by Gasteiger charge is -2.03. The van der Waals surface area contributed by atoms with E-state index in [0.29, 0.717) is 5.69 Å². The van der Waals surface area contributed by atoms with Crippen LogP contribution in [0.1, 0.15) is 16.1 Å². The largest absolute Gasteiger partial charge is 0.478 e. The molecule has 1 aromatic heterocycles. The molecule has 5 heteroatoms. The molecule has 0 aliphatic carbocycles. The SMILES string of the molecule is Cn1nc(C#N)c(C(=O)O)c1-c1ccccc1. The number of carboxylic acid groups (broad SMARTS) is 1. The van der Waals surface area contributed by atoms with Crippen LogP contribution in [0.3, 0.4) is 0 Å². The van der Waals surface area contributed by atoms with Gasteiger partial charge in [-0.2, -0.15) is 10.4 Å². The van der Waals surface area contributed by atoms with Gasteiger partial charge >= 0.3 is 5.97 Å². The molecule has 0 radical (unpaired) electrons. The van der Waals surface area contributed by atoms with Crippen molar-refractivity contribution < 1.29 is 9.90 Å². The van der Waals surface area contributed by atoms with Crippen LogP contribution in [0.25, 0.3) is 11.3 Å². The summed E-state index contributed by atoms with van der Waals surface area (Å²) in [5.74, 6) is -1.14. The molecule has 0 saturated carbocycles. The van der Waals surface area contributed by atoms with Gasteiger partial charge in [0.2, 0.25) is 0 Å². The Bertz CT molecular complexity index is 609. The molecule has 0 amide bonds. The van der Waals surface area contributed by atoms with E-state index in [0.717, 1.165) is 5.56 Å². The van der Waals surface area contributed by atoms with Gasteiger partial charge in [0.05, 0.1) is 5.69 Å². The first kappa shape index (κ1) is 10.9. The zero-order valence-corrected chi connectivity index (χ0v) is 9.08. The van der Waals surface area contributed by atoms with Crippen molar-refractivity contribution in [2.75, 3.05) is 0 Å². The monoisotopic (exact) mass is 227 g/mol. The molecule has 0 atom stereocenters. The van der Waals surface area contributed by atoms with Crippen molar-refractivity contribution in [1.82, 2.24) is 9.78 Å². The highest BCUT2D eigenvalue weighted by Crippen LogP contribution is 2.25. The lowest BCUT2D eigenvalue weighted by molar-refractivity contribution is 0.0697. The van der Waals surface area contributed by atoms with Crippen molar-refractivity contribution in [3.05, 3.63) is 41.6 Å². The average Bonchev–Trinajstić information content (AvgIpc) is 2.67. The normalized spacial score (nSPS) is 9.88. The molecule has 0 fully saturated rings. The molecule has 2 aromatic rings. The third kappa shape index (κ3) is 1.76. The summed E-state index contributed by atoms with van der Waals surface area (Å²) in [4.78, 5) is 11.2. The second kappa shape index (κ2) is 4.10. The number of rotatable bonds is 2. The fourth-order valence-electron chi connectivity index (χ4n) is 1.73. The molecule has 1 aromatic carbocycles. The second-order valence-corrected chi connectivity index (χ2v) is 3.48. The highest BCUT2D eigenvalue weighted by Gasteiger charge is 2.22. The van der Waals surface area contributed by atoms with E-state index in [-0.39, 0.29) is 11.3 Å². The number of nitriles is 1. The minimum atomic E-state index is -1.14. The van der Waals surface area contributed by atoms with Crippen LogP contribution in [-0.4, -0.2) is 20.9 Å².